The van der Waals surface area contributed by atoms with Crippen LogP contribution in [0.5, 0.6) is 0 Å². The zero-order valence-electron chi connectivity index (χ0n) is 20.1. The molecule has 4 aromatic rings. The van der Waals surface area contributed by atoms with E-state index in [1.54, 1.807) is 30.1 Å². The second kappa shape index (κ2) is 11.6. The monoisotopic (exact) mass is 527 g/mol. The summed E-state index contributed by atoms with van der Waals surface area (Å²) in [6.07, 6.45) is -3.13. The zero-order valence-corrected chi connectivity index (χ0v) is 20.8. The fourth-order valence-corrected chi connectivity index (χ4v) is 4.18. The van der Waals surface area contributed by atoms with Crippen molar-refractivity contribution in [3.63, 3.8) is 0 Å². The zero-order chi connectivity index (χ0) is 26.4. The van der Waals surface area contributed by atoms with Crippen LogP contribution in [0.2, 0.25) is 5.02 Å². The molecule has 0 aliphatic carbocycles. The van der Waals surface area contributed by atoms with Crippen LogP contribution in [0.15, 0.2) is 89.5 Å². The Morgan fingerprint density at radius 3 is 2.19 bits per heavy atom. The van der Waals surface area contributed by atoms with Gasteiger partial charge >= 0.3 is 6.18 Å². The fourth-order valence-electron chi connectivity index (χ4n) is 3.96. The van der Waals surface area contributed by atoms with Crippen LogP contribution in [0, 0.1) is 0 Å². The number of aromatic nitrogens is 1. The number of nitrogens with zero attached hydrogens (tertiary/aromatic N) is 3. The van der Waals surface area contributed by atoms with Gasteiger partial charge in [-0.3, -0.25) is 9.69 Å². The third kappa shape index (κ3) is 7.44. The van der Waals surface area contributed by atoms with Crippen LogP contribution in [0.1, 0.15) is 38.6 Å². The first-order chi connectivity index (χ1) is 17.7. The Morgan fingerprint density at radius 2 is 1.51 bits per heavy atom. The summed E-state index contributed by atoms with van der Waals surface area (Å²) in [4.78, 5) is 20.7. The summed E-state index contributed by atoms with van der Waals surface area (Å²) in [5.74, 6) is -0.0106. The molecule has 1 heterocycles. The highest BCUT2D eigenvalue weighted by Gasteiger charge is 2.30. The van der Waals surface area contributed by atoms with Crippen molar-refractivity contribution in [1.29, 1.82) is 0 Å². The number of amides is 1. The second-order valence-electron chi connectivity index (χ2n) is 8.75. The first kappa shape index (κ1) is 26.4. The van der Waals surface area contributed by atoms with E-state index in [-0.39, 0.29) is 30.6 Å². The molecule has 192 valence electrons. The lowest BCUT2D eigenvalue weighted by Crippen LogP contribution is -2.26. The van der Waals surface area contributed by atoms with E-state index in [9.17, 15) is 18.0 Å². The number of benzene rings is 3. The Kier molecular flexibility index (Phi) is 8.31. The standard InChI is InChI=1S/C28H25ClF3N3O2/c1-34(15-20-7-3-2-4-8-20)27(36)25-19-37-26(33-25)18-35(17-22-10-6-12-24(29)14-22)16-21-9-5-11-23(13-21)28(30,31)32/h2-14,19H,15-18H2,1H3. The van der Waals surface area contributed by atoms with Gasteiger partial charge in [-0.05, 0) is 34.9 Å². The summed E-state index contributed by atoms with van der Waals surface area (Å²) in [6, 6.07) is 22.0. The van der Waals surface area contributed by atoms with Crippen LogP contribution >= 0.6 is 11.6 Å². The van der Waals surface area contributed by atoms with E-state index in [2.05, 4.69) is 4.98 Å². The summed E-state index contributed by atoms with van der Waals surface area (Å²) in [6.45, 7) is 1.18. The summed E-state index contributed by atoms with van der Waals surface area (Å²) in [5.41, 5.74) is 1.80. The molecule has 0 saturated heterocycles. The molecule has 0 radical (unpaired) electrons. The van der Waals surface area contributed by atoms with Crippen molar-refractivity contribution in [2.75, 3.05) is 7.05 Å². The van der Waals surface area contributed by atoms with Gasteiger partial charge in [0.25, 0.3) is 5.91 Å². The van der Waals surface area contributed by atoms with Crippen LogP contribution in [-0.2, 0) is 32.4 Å². The number of hydrogen-bond donors (Lipinski definition) is 0. The van der Waals surface area contributed by atoms with Crippen LogP contribution in [0.3, 0.4) is 0 Å². The average Bonchev–Trinajstić information content (AvgIpc) is 3.32. The molecule has 3 aromatic carbocycles. The number of oxazole rings is 1. The third-order valence-electron chi connectivity index (χ3n) is 5.69. The van der Waals surface area contributed by atoms with Crippen molar-refractivity contribution >= 4 is 17.5 Å². The first-order valence-electron chi connectivity index (χ1n) is 11.5. The van der Waals surface area contributed by atoms with E-state index >= 15 is 0 Å². The molecule has 0 spiro atoms. The predicted molar refractivity (Wildman–Crippen MR) is 135 cm³/mol. The Balaban J connectivity index is 1.51. The minimum atomic E-state index is -4.43. The maximum atomic E-state index is 13.2. The molecule has 0 saturated carbocycles. The summed E-state index contributed by atoms with van der Waals surface area (Å²) < 4.78 is 45.3. The van der Waals surface area contributed by atoms with Crippen LogP contribution < -0.4 is 0 Å². The summed E-state index contributed by atoms with van der Waals surface area (Å²) in [5, 5.41) is 0.557. The maximum absolute atomic E-state index is 13.2. The minimum absolute atomic E-state index is 0.162. The molecule has 0 fully saturated rings. The van der Waals surface area contributed by atoms with Gasteiger partial charge in [-0.15, -0.1) is 0 Å². The van der Waals surface area contributed by atoms with Gasteiger partial charge in [-0.25, -0.2) is 4.98 Å². The van der Waals surface area contributed by atoms with Crippen molar-refractivity contribution in [3.05, 3.63) is 124 Å². The van der Waals surface area contributed by atoms with Crippen LogP contribution in [0.4, 0.5) is 13.2 Å². The molecule has 1 aromatic heterocycles. The van der Waals surface area contributed by atoms with Crippen molar-refractivity contribution in [1.82, 2.24) is 14.8 Å². The number of carbonyl (C=O) groups is 1. The van der Waals surface area contributed by atoms with Crippen molar-refractivity contribution in [3.8, 4) is 0 Å². The molecule has 5 nitrogen and oxygen atoms in total. The smallest absolute Gasteiger partial charge is 0.416 e. The first-order valence-corrected chi connectivity index (χ1v) is 11.9. The molecular formula is C28H25ClF3N3O2. The topological polar surface area (TPSA) is 49.6 Å². The largest absolute Gasteiger partial charge is 0.447 e. The maximum Gasteiger partial charge on any atom is 0.416 e. The quantitative estimate of drug-likeness (QED) is 0.239. The van der Waals surface area contributed by atoms with E-state index in [0.29, 0.717) is 23.7 Å². The van der Waals surface area contributed by atoms with Gasteiger partial charge in [0, 0.05) is 31.7 Å². The lowest BCUT2D eigenvalue weighted by atomic mass is 10.1. The highest BCUT2D eigenvalue weighted by molar-refractivity contribution is 6.30. The molecule has 0 unspecified atom stereocenters. The summed E-state index contributed by atoms with van der Waals surface area (Å²) in [7, 11) is 1.68. The van der Waals surface area contributed by atoms with Gasteiger partial charge in [0.1, 0.15) is 6.26 Å². The molecule has 0 aliphatic heterocycles. The van der Waals surface area contributed by atoms with Gasteiger partial charge in [0.15, 0.2) is 5.69 Å². The van der Waals surface area contributed by atoms with Gasteiger partial charge in [-0.2, -0.15) is 13.2 Å². The molecule has 37 heavy (non-hydrogen) atoms. The van der Waals surface area contributed by atoms with Gasteiger partial charge in [0.2, 0.25) is 5.89 Å². The molecule has 9 heteroatoms. The number of carbonyl (C=O) groups excluding carboxylic acids is 1. The van der Waals surface area contributed by atoms with E-state index < -0.39 is 11.7 Å². The Bertz CT molecular complexity index is 1340. The SMILES string of the molecule is CN(Cc1ccccc1)C(=O)c1coc(CN(Cc2cccc(Cl)c2)Cc2cccc(C(F)(F)F)c2)n1. The van der Waals surface area contributed by atoms with Crippen molar-refractivity contribution < 1.29 is 22.4 Å². The highest BCUT2D eigenvalue weighted by atomic mass is 35.5. The lowest BCUT2D eigenvalue weighted by molar-refractivity contribution is -0.137. The molecule has 0 atom stereocenters. The van der Waals surface area contributed by atoms with Crippen LogP contribution in [-0.4, -0.2) is 27.7 Å². The van der Waals surface area contributed by atoms with E-state index in [1.165, 1.54) is 12.3 Å². The average molecular weight is 528 g/mol. The van der Waals surface area contributed by atoms with Gasteiger partial charge in [-0.1, -0.05) is 72.3 Å². The lowest BCUT2D eigenvalue weighted by Gasteiger charge is -2.22. The fraction of sp³-hybridized carbons (Fsp3) is 0.214. The molecular weight excluding hydrogens is 503 g/mol. The minimum Gasteiger partial charge on any atom is -0.447 e. The Hall–Kier alpha value is -3.62. The molecule has 0 N–H and O–H groups in total. The Morgan fingerprint density at radius 1 is 0.865 bits per heavy atom. The molecule has 0 aliphatic rings. The van der Waals surface area contributed by atoms with E-state index in [1.807, 2.05) is 47.4 Å². The number of rotatable bonds is 9. The number of halogens is 4. The molecule has 4 rings (SSSR count). The summed E-state index contributed by atoms with van der Waals surface area (Å²) >= 11 is 6.13. The third-order valence-corrected chi connectivity index (χ3v) is 5.93. The van der Waals surface area contributed by atoms with Crippen LogP contribution in [0.25, 0.3) is 0 Å². The second-order valence-corrected chi connectivity index (χ2v) is 9.18. The normalized spacial score (nSPS) is 11.6. The van der Waals surface area contributed by atoms with E-state index in [4.69, 9.17) is 16.0 Å². The van der Waals surface area contributed by atoms with Gasteiger partial charge < -0.3 is 9.32 Å². The predicted octanol–water partition coefficient (Wildman–Crippen LogP) is 6.82. The Labute approximate surface area is 218 Å². The van der Waals surface area contributed by atoms with Crippen molar-refractivity contribution in [2.24, 2.45) is 0 Å². The molecule has 1 amide bonds. The van der Waals surface area contributed by atoms with E-state index in [0.717, 1.165) is 23.3 Å². The highest BCUT2D eigenvalue weighted by Crippen LogP contribution is 2.30. The number of hydrogen-bond acceptors (Lipinski definition) is 4. The van der Waals surface area contributed by atoms with Gasteiger partial charge in [0.05, 0.1) is 12.1 Å². The number of alkyl halides is 3. The molecule has 0 bridgehead atoms. The van der Waals surface area contributed by atoms with Crippen molar-refractivity contribution in [2.45, 2.75) is 32.4 Å².